The number of hydrogen-bond acceptors (Lipinski definition) is 5. The standard InChI is InChI=1S/C16H14N2O3S/c17-9-13-12-5-3-10(19)8-14(12)22-16(13)18-15(20)6-4-11-2-1-7-21-11/h1-2,4,6-7,10,19H,3,5,8H2,(H,18,20)/b6-4+. The fourth-order valence-corrected chi connectivity index (χ4v) is 3.74. The number of nitrogens with zero attached hydrogens (tertiary/aromatic N) is 1. The highest BCUT2D eigenvalue weighted by atomic mass is 32.1. The number of hydrogen-bond donors (Lipinski definition) is 2. The Morgan fingerprint density at radius 2 is 2.45 bits per heavy atom. The lowest BCUT2D eigenvalue weighted by molar-refractivity contribution is -0.111. The van der Waals surface area contributed by atoms with E-state index in [2.05, 4.69) is 11.4 Å². The van der Waals surface area contributed by atoms with Gasteiger partial charge in [0.1, 0.15) is 16.8 Å². The summed E-state index contributed by atoms with van der Waals surface area (Å²) in [5, 5.41) is 22.3. The molecule has 0 aromatic carbocycles. The monoisotopic (exact) mass is 314 g/mol. The van der Waals surface area contributed by atoms with Gasteiger partial charge in [0.15, 0.2) is 0 Å². The van der Waals surface area contributed by atoms with Crippen molar-refractivity contribution in [3.63, 3.8) is 0 Å². The molecule has 2 aromatic heterocycles. The number of carbonyl (C=O) groups is 1. The molecule has 1 atom stereocenters. The summed E-state index contributed by atoms with van der Waals surface area (Å²) in [5.74, 6) is 0.274. The van der Waals surface area contributed by atoms with Crippen LogP contribution >= 0.6 is 11.3 Å². The molecule has 2 N–H and O–H groups in total. The molecule has 2 heterocycles. The number of nitriles is 1. The van der Waals surface area contributed by atoms with Crippen LogP contribution in [0.1, 0.15) is 28.2 Å². The van der Waals surface area contributed by atoms with Crippen LogP contribution in [0.4, 0.5) is 5.00 Å². The highest BCUT2D eigenvalue weighted by molar-refractivity contribution is 7.16. The van der Waals surface area contributed by atoms with E-state index in [-0.39, 0.29) is 12.0 Å². The number of thiophene rings is 1. The van der Waals surface area contributed by atoms with Crippen molar-refractivity contribution in [3.8, 4) is 6.07 Å². The van der Waals surface area contributed by atoms with E-state index in [0.29, 0.717) is 35.6 Å². The molecule has 0 saturated heterocycles. The summed E-state index contributed by atoms with van der Waals surface area (Å²) in [4.78, 5) is 12.9. The quantitative estimate of drug-likeness (QED) is 0.853. The van der Waals surface area contributed by atoms with E-state index >= 15 is 0 Å². The first kappa shape index (κ1) is 14.6. The van der Waals surface area contributed by atoms with Gasteiger partial charge in [-0.2, -0.15) is 5.26 Å². The molecule has 0 aliphatic heterocycles. The molecular weight excluding hydrogens is 300 g/mol. The second-order valence-electron chi connectivity index (χ2n) is 5.05. The first-order valence-corrected chi connectivity index (χ1v) is 7.74. The van der Waals surface area contributed by atoms with Gasteiger partial charge >= 0.3 is 0 Å². The van der Waals surface area contributed by atoms with Crippen molar-refractivity contribution >= 4 is 28.3 Å². The Morgan fingerprint density at radius 3 is 3.18 bits per heavy atom. The Kier molecular flexibility index (Phi) is 4.09. The third kappa shape index (κ3) is 2.96. The number of amides is 1. The summed E-state index contributed by atoms with van der Waals surface area (Å²) in [5.41, 5.74) is 1.48. The van der Waals surface area contributed by atoms with Crippen LogP contribution in [0.3, 0.4) is 0 Å². The number of anilines is 1. The van der Waals surface area contributed by atoms with Crippen LogP contribution in [0.25, 0.3) is 6.08 Å². The third-order valence-electron chi connectivity index (χ3n) is 3.53. The molecule has 6 heteroatoms. The number of nitrogens with one attached hydrogen (secondary N) is 1. The maximum Gasteiger partial charge on any atom is 0.249 e. The van der Waals surface area contributed by atoms with Crippen LogP contribution in [0, 0.1) is 11.3 Å². The molecule has 0 spiro atoms. The normalized spacial score (nSPS) is 17.2. The topological polar surface area (TPSA) is 86.3 Å². The van der Waals surface area contributed by atoms with Gasteiger partial charge in [-0.25, -0.2) is 0 Å². The SMILES string of the molecule is N#Cc1c(NC(=O)/C=C/c2ccco2)sc2c1CCC(O)C2. The number of aliphatic hydroxyl groups excluding tert-OH is 1. The van der Waals surface area contributed by atoms with Crippen LogP contribution in [0.15, 0.2) is 28.9 Å². The lowest BCUT2D eigenvalue weighted by Crippen LogP contribution is -2.17. The highest BCUT2D eigenvalue weighted by Crippen LogP contribution is 2.37. The lowest BCUT2D eigenvalue weighted by atomic mass is 9.94. The number of aliphatic hydroxyl groups is 1. The summed E-state index contributed by atoms with van der Waals surface area (Å²) in [7, 11) is 0. The summed E-state index contributed by atoms with van der Waals surface area (Å²) in [6, 6.07) is 5.65. The summed E-state index contributed by atoms with van der Waals surface area (Å²) >= 11 is 1.37. The molecule has 3 rings (SSSR count). The molecule has 1 aliphatic rings. The molecule has 0 bridgehead atoms. The van der Waals surface area contributed by atoms with Crippen molar-refractivity contribution in [2.24, 2.45) is 0 Å². The van der Waals surface area contributed by atoms with Crippen LogP contribution in [0.5, 0.6) is 0 Å². The predicted molar refractivity (Wildman–Crippen MR) is 83.4 cm³/mol. The lowest BCUT2D eigenvalue weighted by Gasteiger charge is -2.16. The van der Waals surface area contributed by atoms with Gasteiger partial charge in [-0.3, -0.25) is 4.79 Å². The minimum atomic E-state index is -0.361. The first-order valence-electron chi connectivity index (χ1n) is 6.92. The molecule has 112 valence electrons. The van der Waals surface area contributed by atoms with Crippen LogP contribution in [-0.2, 0) is 17.6 Å². The zero-order valence-corrected chi connectivity index (χ0v) is 12.5. The predicted octanol–water partition coefficient (Wildman–Crippen LogP) is 2.71. The molecule has 1 aliphatic carbocycles. The van der Waals surface area contributed by atoms with E-state index in [0.717, 1.165) is 10.4 Å². The van der Waals surface area contributed by atoms with Gasteiger partial charge in [0.05, 0.1) is 17.9 Å². The average molecular weight is 314 g/mol. The largest absolute Gasteiger partial charge is 0.465 e. The van der Waals surface area contributed by atoms with Gasteiger partial charge in [0.2, 0.25) is 5.91 Å². The second kappa shape index (κ2) is 6.18. The van der Waals surface area contributed by atoms with Gasteiger partial charge < -0.3 is 14.8 Å². The van der Waals surface area contributed by atoms with Crippen molar-refractivity contribution in [1.29, 1.82) is 5.26 Å². The first-order chi connectivity index (χ1) is 10.7. The van der Waals surface area contributed by atoms with Gasteiger partial charge in [-0.15, -0.1) is 11.3 Å². The number of carbonyl (C=O) groups excluding carboxylic acids is 1. The molecule has 1 amide bonds. The zero-order valence-electron chi connectivity index (χ0n) is 11.7. The summed E-state index contributed by atoms with van der Waals surface area (Å²) in [6.45, 7) is 0. The molecule has 22 heavy (non-hydrogen) atoms. The molecule has 0 saturated carbocycles. The van der Waals surface area contributed by atoms with Crippen molar-refractivity contribution in [2.75, 3.05) is 5.32 Å². The van der Waals surface area contributed by atoms with Gasteiger partial charge in [0.25, 0.3) is 0 Å². The number of furan rings is 1. The minimum Gasteiger partial charge on any atom is -0.465 e. The zero-order chi connectivity index (χ0) is 15.5. The van der Waals surface area contributed by atoms with E-state index in [1.807, 2.05) is 0 Å². The molecule has 0 fully saturated rings. The fourth-order valence-electron chi connectivity index (χ4n) is 2.47. The molecule has 0 radical (unpaired) electrons. The molecule has 1 unspecified atom stereocenters. The van der Waals surface area contributed by atoms with E-state index < -0.39 is 0 Å². The number of fused-ring (bicyclic) bond motifs is 1. The number of rotatable bonds is 3. The third-order valence-corrected chi connectivity index (χ3v) is 4.70. The highest BCUT2D eigenvalue weighted by Gasteiger charge is 2.25. The molecular formula is C16H14N2O3S. The van der Waals surface area contributed by atoms with Crippen LogP contribution < -0.4 is 5.32 Å². The Labute approximate surface area is 131 Å². The van der Waals surface area contributed by atoms with Crippen molar-refractivity contribution in [2.45, 2.75) is 25.4 Å². The Bertz CT molecular complexity index is 753. The van der Waals surface area contributed by atoms with Gasteiger partial charge in [0, 0.05) is 17.4 Å². The summed E-state index contributed by atoms with van der Waals surface area (Å²) in [6.07, 6.45) is 5.99. The van der Waals surface area contributed by atoms with Crippen LogP contribution in [-0.4, -0.2) is 17.1 Å². The molecule has 2 aromatic rings. The van der Waals surface area contributed by atoms with E-state index in [4.69, 9.17) is 4.42 Å². The Balaban J connectivity index is 1.78. The second-order valence-corrected chi connectivity index (χ2v) is 6.16. The average Bonchev–Trinajstić information content (AvgIpc) is 3.11. The molecule has 5 nitrogen and oxygen atoms in total. The fraction of sp³-hybridized carbons (Fsp3) is 0.250. The maximum absolute atomic E-state index is 12.0. The van der Waals surface area contributed by atoms with E-state index in [1.54, 1.807) is 18.2 Å². The summed E-state index contributed by atoms with van der Waals surface area (Å²) < 4.78 is 5.11. The van der Waals surface area contributed by atoms with E-state index in [9.17, 15) is 15.2 Å². The maximum atomic E-state index is 12.0. The van der Waals surface area contributed by atoms with Crippen molar-refractivity contribution in [1.82, 2.24) is 0 Å². The smallest absolute Gasteiger partial charge is 0.249 e. The van der Waals surface area contributed by atoms with Crippen LogP contribution in [0.2, 0.25) is 0 Å². The minimum absolute atomic E-state index is 0.313. The Morgan fingerprint density at radius 1 is 1.59 bits per heavy atom. The van der Waals surface area contributed by atoms with Crippen molar-refractivity contribution < 1.29 is 14.3 Å². The van der Waals surface area contributed by atoms with Gasteiger partial charge in [-0.05, 0) is 36.6 Å². The van der Waals surface area contributed by atoms with E-state index in [1.165, 1.54) is 23.7 Å². The Hall–Kier alpha value is -2.36. The van der Waals surface area contributed by atoms with Crippen molar-refractivity contribution in [3.05, 3.63) is 46.2 Å². The van der Waals surface area contributed by atoms with Gasteiger partial charge in [-0.1, -0.05) is 0 Å².